The topological polar surface area (TPSA) is 79.0 Å². The maximum absolute atomic E-state index is 12.2. The minimum atomic E-state index is -3.42. The van der Waals surface area contributed by atoms with E-state index in [-0.39, 0.29) is 6.54 Å². The molecule has 8 heteroatoms. The monoisotopic (exact) mass is 377 g/mol. The number of para-hydroxylation sites is 1. The third-order valence-corrected chi connectivity index (χ3v) is 5.26. The first-order chi connectivity index (χ1) is 12.3. The molecule has 0 aromatic heterocycles. The molecule has 2 aromatic carbocycles. The highest BCUT2D eigenvalue weighted by atomic mass is 32.2. The van der Waals surface area contributed by atoms with E-state index >= 15 is 0 Å². The van der Waals surface area contributed by atoms with Gasteiger partial charge in [-0.15, -0.1) is 0 Å². The van der Waals surface area contributed by atoms with Gasteiger partial charge in [0.15, 0.2) is 0 Å². The Labute approximate surface area is 154 Å². The normalized spacial score (nSPS) is 11.4. The molecule has 0 unspecified atom stereocenters. The fourth-order valence-corrected chi connectivity index (χ4v) is 2.72. The van der Waals surface area contributed by atoms with Crippen LogP contribution in [0.2, 0.25) is 0 Å². The van der Waals surface area contributed by atoms with Crippen molar-refractivity contribution < 1.29 is 17.9 Å². The van der Waals surface area contributed by atoms with E-state index in [2.05, 4.69) is 4.72 Å². The molecule has 0 aliphatic carbocycles. The van der Waals surface area contributed by atoms with Crippen molar-refractivity contribution in [2.24, 2.45) is 0 Å². The molecule has 1 N–H and O–H groups in total. The lowest BCUT2D eigenvalue weighted by Gasteiger charge is -2.17. The van der Waals surface area contributed by atoms with Gasteiger partial charge >= 0.3 is 6.09 Å². The Morgan fingerprint density at radius 1 is 1.00 bits per heavy atom. The second kappa shape index (κ2) is 8.79. The van der Waals surface area contributed by atoms with E-state index in [9.17, 15) is 13.2 Å². The zero-order valence-electron chi connectivity index (χ0n) is 15.0. The van der Waals surface area contributed by atoms with Gasteiger partial charge in [0.2, 0.25) is 0 Å². The van der Waals surface area contributed by atoms with E-state index in [1.807, 2.05) is 30.3 Å². The van der Waals surface area contributed by atoms with Crippen molar-refractivity contribution in [3.63, 3.8) is 0 Å². The highest BCUT2D eigenvalue weighted by molar-refractivity contribution is 7.87. The fraction of sp³-hybridized carbons (Fsp3) is 0.278. The molecule has 0 saturated carbocycles. The lowest BCUT2D eigenvalue weighted by Crippen LogP contribution is -2.36. The number of nitrogens with zero attached hydrogens (tertiary/aromatic N) is 2. The van der Waals surface area contributed by atoms with Crippen LogP contribution in [0.1, 0.15) is 5.56 Å². The van der Waals surface area contributed by atoms with Gasteiger partial charge in [-0.2, -0.15) is 12.7 Å². The van der Waals surface area contributed by atoms with Gasteiger partial charge < -0.3 is 4.74 Å². The number of amides is 1. The van der Waals surface area contributed by atoms with E-state index in [4.69, 9.17) is 4.74 Å². The maximum Gasteiger partial charge on any atom is 0.419 e. The maximum atomic E-state index is 12.2. The van der Waals surface area contributed by atoms with Gasteiger partial charge in [-0.25, -0.2) is 9.52 Å². The van der Waals surface area contributed by atoms with Crippen LogP contribution in [0.4, 0.5) is 10.5 Å². The highest BCUT2D eigenvalue weighted by Gasteiger charge is 2.13. The lowest BCUT2D eigenvalue weighted by atomic mass is 10.1. The van der Waals surface area contributed by atoms with Crippen LogP contribution in [0, 0.1) is 0 Å². The van der Waals surface area contributed by atoms with Crippen LogP contribution < -0.4 is 14.4 Å². The summed E-state index contributed by atoms with van der Waals surface area (Å²) in [6, 6.07) is 16.2. The van der Waals surface area contributed by atoms with Gasteiger partial charge in [0.25, 0.3) is 10.2 Å². The molecule has 0 bridgehead atoms. The van der Waals surface area contributed by atoms with Crippen molar-refractivity contribution in [1.29, 1.82) is 0 Å². The molecule has 0 heterocycles. The van der Waals surface area contributed by atoms with Crippen molar-refractivity contribution in [3.8, 4) is 5.75 Å². The van der Waals surface area contributed by atoms with E-state index in [0.717, 1.165) is 15.6 Å². The number of carbonyl (C=O) groups excluding carboxylic acids is 1. The molecule has 0 fully saturated rings. The van der Waals surface area contributed by atoms with Crippen LogP contribution in [0.5, 0.6) is 5.75 Å². The molecular weight excluding hydrogens is 354 g/mol. The lowest BCUT2D eigenvalue weighted by molar-refractivity contribution is 0.209. The summed E-state index contributed by atoms with van der Waals surface area (Å²) in [5, 5.41) is 0. The molecule has 0 aliphatic rings. The Morgan fingerprint density at radius 2 is 1.62 bits per heavy atom. The average molecular weight is 377 g/mol. The van der Waals surface area contributed by atoms with Crippen LogP contribution in [0.15, 0.2) is 54.6 Å². The van der Waals surface area contributed by atoms with Crippen molar-refractivity contribution >= 4 is 22.0 Å². The number of benzene rings is 2. The summed E-state index contributed by atoms with van der Waals surface area (Å²) in [5.41, 5.74) is 1.67. The molecule has 0 saturated heterocycles. The summed E-state index contributed by atoms with van der Waals surface area (Å²) < 4.78 is 32.2. The summed E-state index contributed by atoms with van der Waals surface area (Å²) in [6.45, 7) is 0.288. The average Bonchev–Trinajstić information content (AvgIpc) is 2.63. The molecule has 140 valence electrons. The molecule has 7 nitrogen and oxygen atoms in total. The standard InChI is InChI=1S/C18H23N3O4S/c1-20(2)26(23,24)19-14-13-15-9-11-17(12-10-15)25-18(22)21(3)16-7-5-4-6-8-16/h4-12,19H,13-14H2,1-3H3. The van der Waals surface area contributed by atoms with Crippen molar-refractivity contribution in [2.45, 2.75) is 6.42 Å². The van der Waals surface area contributed by atoms with Gasteiger partial charge in [0.1, 0.15) is 5.75 Å². The number of carbonyl (C=O) groups is 1. The summed E-state index contributed by atoms with van der Waals surface area (Å²) in [4.78, 5) is 13.6. The summed E-state index contributed by atoms with van der Waals surface area (Å²) in [5.74, 6) is 0.426. The third-order valence-electron chi connectivity index (χ3n) is 3.72. The summed E-state index contributed by atoms with van der Waals surface area (Å²) in [7, 11) is 1.16. The Kier molecular flexibility index (Phi) is 6.73. The predicted octanol–water partition coefficient (Wildman–Crippen LogP) is 2.26. The Balaban J connectivity index is 1.88. The van der Waals surface area contributed by atoms with Crippen LogP contribution >= 0.6 is 0 Å². The number of ether oxygens (including phenoxy) is 1. The molecule has 0 aliphatic heterocycles. The van der Waals surface area contributed by atoms with Gasteiger partial charge in [0, 0.05) is 33.4 Å². The van der Waals surface area contributed by atoms with Gasteiger partial charge in [-0.1, -0.05) is 30.3 Å². The fourth-order valence-electron chi connectivity index (χ4n) is 2.10. The summed E-state index contributed by atoms with van der Waals surface area (Å²) in [6.07, 6.45) is 0.0493. The molecule has 2 aromatic rings. The second-order valence-electron chi connectivity index (χ2n) is 5.84. The van der Waals surface area contributed by atoms with Crippen LogP contribution in [-0.2, 0) is 16.6 Å². The van der Waals surface area contributed by atoms with Crippen molar-refractivity contribution in [2.75, 3.05) is 32.6 Å². The van der Waals surface area contributed by atoms with Crippen molar-refractivity contribution in [3.05, 3.63) is 60.2 Å². The van der Waals surface area contributed by atoms with Crippen LogP contribution in [-0.4, -0.2) is 46.5 Å². The second-order valence-corrected chi connectivity index (χ2v) is 7.81. The zero-order valence-corrected chi connectivity index (χ0v) is 15.9. The third kappa shape index (κ3) is 5.55. The predicted molar refractivity (Wildman–Crippen MR) is 102 cm³/mol. The minimum Gasteiger partial charge on any atom is -0.410 e. The Bertz CT molecular complexity index is 821. The Hall–Kier alpha value is -2.42. The number of hydrogen-bond acceptors (Lipinski definition) is 4. The molecule has 26 heavy (non-hydrogen) atoms. The SMILES string of the molecule is CN(C(=O)Oc1ccc(CCNS(=O)(=O)N(C)C)cc1)c1ccccc1. The number of nitrogens with one attached hydrogen (secondary N) is 1. The first-order valence-electron chi connectivity index (χ1n) is 8.06. The quantitative estimate of drug-likeness (QED) is 0.803. The molecule has 1 amide bonds. The first kappa shape index (κ1) is 19.9. The molecule has 0 spiro atoms. The smallest absolute Gasteiger partial charge is 0.410 e. The summed E-state index contributed by atoms with van der Waals surface area (Å²) >= 11 is 0. The zero-order chi connectivity index (χ0) is 19.2. The largest absolute Gasteiger partial charge is 0.419 e. The van der Waals surface area contributed by atoms with Gasteiger partial charge in [0.05, 0.1) is 0 Å². The number of hydrogen-bond donors (Lipinski definition) is 1. The van der Waals surface area contributed by atoms with Gasteiger partial charge in [-0.3, -0.25) is 4.90 Å². The first-order valence-corrected chi connectivity index (χ1v) is 9.50. The van der Waals surface area contributed by atoms with Crippen LogP contribution in [0.25, 0.3) is 0 Å². The Morgan fingerprint density at radius 3 is 2.19 bits per heavy atom. The van der Waals surface area contributed by atoms with E-state index in [1.54, 1.807) is 31.3 Å². The van der Waals surface area contributed by atoms with E-state index < -0.39 is 16.3 Å². The van der Waals surface area contributed by atoms with E-state index in [0.29, 0.717) is 12.2 Å². The number of rotatable bonds is 7. The number of anilines is 1. The van der Waals surface area contributed by atoms with Crippen LogP contribution in [0.3, 0.4) is 0 Å². The highest BCUT2D eigenvalue weighted by Crippen LogP contribution is 2.16. The molecule has 2 rings (SSSR count). The molecular formula is C18H23N3O4S. The molecule has 0 radical (unpaired) electrons. The minimum absolute atomic E-state index is 0.288. The van der Waals surface area contributed by atoms with Crippen molar-refractivity contribution in [1.82, 2.24) is 9.03 Å². The van der Waals surface area contributed by atoms with E-state index in [1.165, 1.54) is 19.0 Å². The molecule has 0 atom stereocenters. The van der Waals surface area contributed by atoms with Gasteiger partial charge in [-0.05, 0) is 36.2 Å².